The van der Waals surface area contributed by atoms with Gasteiger partial charge in [0.25, 0.3) is 0 Å². The minimum Gasteiger partial charge on any atom is -0.490 e. The minimum atomic E-state index is 0.755. The number of ether oxygens (including phenoxy) is 2. The maximum Gasteiger partial charge on any atom is 0.161 e. The van der Waals surface area contributed by atoms with E-state index >= 15 is 0 Å². The van der Waals surface area contributed by atoms with Crippen LogP contribution in [0.5, 0.6) is 11.5 Å². The molecular weight excluding hydrogens is 505 g/mol. The van der Waals surface area contributed by atoms with Crippen LogP contribution in [0.2, 0.25) is 0 Å². The molecule has 2 aromatic heterocycles. The van der Waals surface area contributed by atoms with E-state index in [4.69, 9.17) is 9.47 Å². The van der Waals surface area contributed by atoms with Gasteiger partial charge in [-0.3, -0.25) is 0 Å². The van der Waals surface area contributed by atoms with Crippen LogP contribution in [0.3, 0.4) is 0 Å². The van der Waals surface area contributed by atoms with Crippen molar-refractivity contribution in [2.75, 3.05) is 13.2 Å². The Morgan fingerprint density at radius 2 is 0.868 bits per heavy atom. The summed E-state index contributed by atoms with van der Waals surface area (Å²) in [5.41, 5.74) is 2.49. The van der Waals surface area contributed by atoms with Crippen molar-refractivity contribution in [3.63, 3.8) is 0 Å². The normalized spacial score (nSPS) is 11.2. The van der Waals surface area contributed by atoms with Gasteiger partial charge in [-0.1, -0.05) is 116 Å². The van der Waals surface area contributed by atoms with Crippen molar-refractivity contribution in [1.29, 1.82) is 0 Å². The predicted molar refractivity (Wildman–Crippen MR) is 169 cm³/mol. The molecule has 0 amide bonds. The molecule has 2 heterocycles. The molecule has 0 radical (unpaired) electrons. The van der Waals surface area contributed by atoms with E-state index in [2.05, 4.69) is 61.0 Å². The number of unbranched alkanes of at least 4 members (excludes halogenated alkanes) is 14. The average Bonchev–Trinajstić information content (AvgIpc) is 3.66. The Kier molecular flexibility index (Phi) is 15.6. The lowest BCUT2D eigenvalue weighted by molar-refractivity contribution is 0.258. The molecule has 0 saturated carbocycles. The van der Waals surface area contributed by atoms with Crippen LogP contribution in [0.25, 0.3) is 20.9 Å². The fourth-order valence-electron chi connectivity index (χ4n) is 4.89. The standard InChI is InChI=1S/C34H50O2S2/c1-3-5-7-9-11-13-15-17-23-35-31-27-29(33-21-19-25-37-33)30(34-22-20-26-38-34)28-32(31)36-24-18-16-14-12-10-8-6-4-2/h19-22,25-28H,3-18,23-24H2,1-2H3. The highest BCUT2D eigenvalue weighted by atomic mass is 32.1. The molecule has 0 atom stereocenters. The smallest absolute Gasteiger partial charge is 0.161 e. The van der Waals surface area contributed by atoms with Gasteiger partial charge in [-0.15, -0.1) is 22.7 Å². The Morgan fingerprint density at radius 3 is 1.21 bits per heavy atom. The second kappa shape index (κ2) is 19.3. The SMILES string of the molecule is CCCCCCCCCCOc1cc(-c2cccs2)c(-c2cccs2)cc1OCCCCCCCCCC. The van der Waals surface area contributed by atoms with Crippen LogP contribution >= 0.6 is 22.7 Å². The van der Waals surface area contributed by atoms with Gasteiger partial charge in [-0.25, -0.2) is 0 Å². The molecule has 4 heteroatoms. The van der Waals surface area contributed by atoms with Crippen molar-refractivity contribution in [3.8, 4) is 32.4 Å². The highest BCUT2D eigenvalue weighted by Gasteiger charge is 2.17. The van der Waals surface area contributed by atoms with Crippen molar-refractivity contribution in [2.45, 2.75) is 117 Å². The zero-order chi connectivity index (χ0) is 26.7. The van der Waals surface area contributed by atoms with E-state index in [1.54, 1.807) is 22.7 Å². The first-order valence-corrected chi connectivity index (χ1v) is 17.1. The van der Waals surface area contributed by atoms with Crippen LogP contribution in [-0.2, 0) is 0 Å². The zero-order valence-electron chi connectivity index (χ0n) is 24.0. The third-order valence-electron chi connectivity index (χ3n) is 7.17. The lowest BCUT2D eigenvalue weighted by Crippen LogP contribution is -2.03. The van der Waals surface area contributed by atoms with Crippen LogP contribution < -0.4 is 9.47 Å². The quantitative estimate of drug-likeness (QED) is 0.115. The predicted octanol–water partition coefficient (Wildman–Crippen LogP) is 12.2. The molecule has 2 nitrogen and oxygen atoms in total. The van der Waals surface area contributed by atoms with Gasteiger partial charge in [0.05, 0.1) is 13.2 Å². The molecule has 0 bridgehead atoms. The highest BCUT2D eigenvalue weighted by Crippen LogP contribution is 2.43. The van der Waals surface area contributed by atoms with E-state index in [1.807, 2.05) is 0 Å². The molecule has 1 aromatic carbocycles. The van der Waals surface area contributed by atoms with Crippen molar-refractivity contribution < 1.29 is 9.47 Å². The second-order valence-electron chi connectivity index (χ2n) is 10.4. The van der Waals surface area contributed by atoms with Crippen LogP contribution in [0.4, 0.5) is 0 Å². The molecule has 0 fully saturated rings. The van der Waals surface area contributed by atoms with Gasteiger partial charge in [0.15, 0.2) is 11.5 Å². The summed E-state index contributed by atoms with van der Waals surface area (Å²) in [6.45, 7) is 6.07. The molecule has 0 spiro atoms. The average molecular weight is 555 g/mol. The summed E-state index contributed by atoms with van der Waals surface area (Å²) in [4.78, 5) is 2.56. The Bertz CT molecular complexity index is 884. The van der Waals surface area contributed by atoms with Gasteiger partial charge in [0, 0.05) is 20.9 Å². The first-order valence-electron chi connectivity index (χ1n) is 15.3. The molecule has 0 saturated heterocycles. The first-order chi connectivity index (χ1) is 18.8. The summed E-state index contributed by atoms with van der Waals surface area (Å²) in [5.74, 6) is 1.80. The fraction of sp³-hybridized carbons (Fsp3) is 0.588. The Hall–Kier alpha value is -1.78. The zero-order valence-corrected chi connectivity index (χ0v) is 25.6. The first kappa shape index (κ1) is 30.8. The minimum absolute atomic E-state index is 0.755. The number of hydrogen-bond acceptors (Lipinski definition) is 4. The number of hydrogen-bond donors (Lipinski definition) is 0. The molecule has 210 valence electrons. The molecule has 0 N–H and O–H groups in total. The molecule has 0 aliphatic heterocycles. The van der Waals surface area contributed by atoms with Crippen molar-refractivity contribution in [1.82, 2.24) is 0 Å². The summed E-state index contributed by atoms with van der Waals surface area (Å²) < 4.78 is 12.8. The summed E-state index contributed by atoms with van der Waals surface area (Å²) in [6, 6.07) is 13.1. The summed E-state index contributed by atoms with van der Waals surface area (Å²) in [7, 11) is 0. The molecule has 0 aliphatic carbocycles. The van der Waals surface area contributed by atoms with E-state index in [-0.39, 0.29) is 0 Å². The van der Waals surface area contributed by atoms with E-state index < -0.39 is 0 Å². The van der Waals surface area contributed by atoms with Crippen molar-refractivity contribution in [2.24, 2.45) is 0 Å². The summed E-state index contributed by atoms with van der Waals surface area (Å²) in [5, 5.41) is 4.31. The van der Waals surface area contributed by atoms with Gasteiger partial charge in [0.2, 0.25) is 0 Å². The second-order valence-corrected chi connectivity index (χ2v) is 12.3. The molecule has 38 heavy (non-hydrogen) atoms. The summed E-state index contributed by atoms with van der Waals surface area (Å²) >= 11 is 3.57. The highest BCUT2D eigenvalue weighted by molar-refractivity contribution is 7.14. The number of thiophene rings is 2. The van der Waals surface area contributed by atoms with Crippen molar-refractivity contribution >= 4 is 22.7 Å². The molecule has 3 rings (SSSR count). The van der Waals surface area contributed by atoms with Gasteiger partial charge in [0.1, 0.15) is 0 Å². The topological polar surface area (TPSA) is 18.5 Å². The lowest BCUT2D eigenvalue weighted by atomic mass is 10.0. The van der Waals surface area contributed by atoms with Crippen LogP contribution in [0.15, 0.2) is 47.2 Å². The van der Waals surface area contributed by atoms with E-state index in [9.17, 15) is 0 Å². The molecular formula is C34H50O2S2. The third-order valence-corrected chi connectivity index (χ3v) is 8.97. The van der Waals surface area contributed by atoms with Gasteiger partial charge in [-0.2, -0.15) is 0 Å². The van der Waals surface area contributed by atoms with Gasteiger partial charge in [-0.05, 0) is 47.9 Å². The van der Waals surface area contributed by atoms with Crippen LogP contribution in [0.1, 0.15) is 117 Å². The number of benzene rings is 1. The Labute approximate surface area is 240 Å². The molecule has 0 aliphatic rings. The molecule has 0 unspecified atom stereocenters. The maximum atomic E-state index is 6.41. The van der Waals surface area contributed by atoms with E-state index in [0.29, 0.717) is 0 Å². The van der Waals surface area contributed by atoms with Crippen LogP contribution in [-0.4, -0.2) is 13.2 Å². The van der Waals surface area contributed by atoms with Crippen LogP contribution in [0, 0.1) is 0 Å². The Morgan fingerprint density at radius 1 is 0.500 bits per heavy atom. The maximum absolute atomic E-state index is 6.41. The monoisotopic (exact) mass is 554 g/mol. The third kappa shape index (κ3) is 11.1. The lowest BCUT2D eigenvalue weighted by Gasteiger charge is -2.17. The fourth-order valence-corrected chi connectivity index (χ4v) is 6.41. The van der Waals surface area contributed by atoms with E-state index in [0.717, 1.165) is 37.6 Å². The van der Waals surface area contributed by atoms with E-state index in [1.165, 1.54) is 111 Å². The largest absolute Gasteiger partial charge is 0.490 e. The van der Waals surface area contributed by atoms with Gasteiger partial charge >= 0.3 is 0 Å². The Balaban J connectivity index is 1.60. The van der Waals surface area contributed by atoms with Crippen molar-refractivity contribution in [3.05, 3.63) is 47.2 Å². The summed E-state index contributed by atoms with van der Waals surface area (Å²) in [6.07, 6.45) is 20.9. The molecule has 3 aromatic rings. The van der Waals surface area contributed by atoms with Gasteiger partial charge < -0.3 is 9.47 Å². The number of rotatable bonds is 22.